The molecule has 202 valence electrons. The number of anilines is 2. The monoisotopic (exact) mass is 545 g/mol. The lowest BCUT2D eigenvalue weighted by molar-refractivity contribution is -0.127. The summed E-state index contributed by atoms with van der Waals surface area (Å²) in [6.45, 7) is 5.82. The normalized spacial score (nSPS) is 14.0. The molecule has 1 N–H and O–H groups in total. The van der Waals surface area contributed by atoms with E-state index in [1.165, 1.54) is 0 Å². The summed E-state index contributed by atoms with van der Waals surface area (Å²) in [5.41, 5.74) is 3.23. The molecule has 4 rings (SSSR count). The molecule has 1 saturated heterocycles. The number of nitrogens with one attached hydrogen (secondary N) is 1. The Hall–Kier alpha value is -4.24. The Balaban J connectivity index is 1.52. The zero-order valence-electron chi connectivity index (χ0n) is 22.2. The third kappa shape index (κ3) is 7.00. The highest BCUT2D eigenvalue weighted by Crippen LogP contribution is 2.35. The average Bonchev–Trinajstić information content (AvgIpc) is 3.21. The summed E-state index contributed by atoms with van der Waals surface area (Å²) >= 11 is 0.809. The largest absolute Gasteiger partial charge is 0.497 e. The first-order chi connectivity index (χ1) is 18.9. The number of carbonyl (C=O) groups is 3. The third-order valence-electron chi connectivity index (χ3n) is 6.20. The first kappa shape index (κ1) is 27.8. The van der Waals surface area contributed by atoms with E-state index >= 15 is 0 Å². The SMILES string of the molecule is CCN(CC)c1ccc(/C=C2/SC(=O)N(CC(=O)Nc3ccc(OC)cc3)C2=O)c(OCc2ccccc2)c1. The van der Waals surface area contributed by atoms with Crippen LogP contribution < -0.4 is 19.7 Å². The topological polar surface area (TPSA) is 88.2 Å². The first-order valence-corrected chi connectivity index (χ1v) is 13.5. The minimum Gasteiger partial charge on any atom is -0.497 e. The van der Waals surface area contributed by atoms with E-state index in [4.69, 9.17) is 9.47 Å². The molecule has 0 aliphatic carbocycles. The molecule has 0 saturated carbocycles. The van der Waals surface area contributed by atoms with Crippen molar-refractivity contribution in [2.75, 3.05) is 37.0 Å². The van der Waals surface area contributed by atoms with Gasteiger partial charge in [-0.05, 0) is 73.6 Å². The van der Waals surface area contributed by atoms with Gasteiger partial charge in [0.25, 0.3) is 11.1 Å². The number of nitrogens with zero attached hydrogens (tertiary/aromatic N) is 2. The number of hydrogen-bond donors (Lipinski definition) is 1. The molecule has 3 aromatic rings. The van der Waals surface area contributed by atoms with Gasteiger partial charge in [-0.15, -0.1) is 0 Å². The summed E-state index contributed by atoms with van der Waals surface area (Å²) in [7, 11) is 1.55. The number of benzene rings is 3. The van der Waals surface area contributed by atoms with Crippen LogP contribution in [0.25, 0.3) is 6.08 Å². The lowest BCUT2D eigenvalue weighted by Gasteiger charge is -2.22. The van der Waals surface area contributed by atoms with E-state index in [0.29, 0.717) is 29.4 Å². The van der Waals surface area contributed by atoms with Gasteiger partial charge in [0, 0.05) is 36.1 Å². The molecule has 0 radical (unpaired) electrons. The summed E-state index contributed by atoms with van der Waals surface area (Å²) in [5, 5.41) is 2.20. The molecule has 0 bridgehead atoms. The van der Waals surface area contributed by atoms with Gasteiger partial charge in [-0.25, -0.2) is 0 Å². The minimum absolute atomic E-state index is 0.234. The van der Waals surface area contributed by atoms with Gasteiger partial charge in [0.2, 0.25) is 5.91 Å². The Kier molecular flexibility index (Phi) is 9.27. The highest BCUT2D eigenvalue weighted by Gasteiger charge is 2.36. The van der Waals surface area contributed by atoms with Gasteiger partial charge in [0.15, 0.2) is 0 Å². The molecule has 1 aliphatic heterocycles. The quantitative estimate of drug-likeness (QED) is 0.305. The smallest absolute Gasteiger partial charge is 0.294 e. The molecular weight excluding hydrogens is 514 g/mol. The van der Waals surface area contributed by atoms with E-state index in [2.05, 4.69) is 24.1 Å². The number of ether oxygens (including phenoxy) is 2. The van der Waals surface area contributed by atoms with Gasteiger partial charge < -0.3 is 19.7 Å². The van der Waals surface area contributed by atoms with Crippen LogP contribution in [0, 0.1) is 0 Å². The van der Waals surface area contributed by atoms with Crippen molar-refractivity contribution in [1.82, 2.24) is 4.90 Å². The second kappa shape index (κ2) is 13.0. The van der Waals surface area contributed by atoms with Crippen LogP contribution in [0.2, 0.25) is 0 Å². The zero-order valence-corrected chi connectivity index (χ0v) is 23.0. The van der Waals surface area contributed by atoms with Crippen LogP contribution in [-0.4, -0.2) is 48.7 Å². The van der Waals surface area contributed by atoms with Crippen LogP contribution in [0.3, 0.4) is 0 Å². The molecule has 1 heterocycles. The standard InChI is InChI=1S/C30H31N3O5S/c1-4-32(5-2)24-14-11-22(26(18-24)38-20-21-9-7-6-8-10-21)17-27-29(35)33(30(36)39-27)19-28(34)31-23-12-15-25(37-3)16-13-23/h6-18H,4-5,19-20H2,1-3H3,(H,31,34)/b27-17+. The average molecular weight is 546 g/mol. The van der Waals surface area contributed by atoms with Crippen molar-refractivity contribution in [3.8, 4) is 11.5 Å². The molecule has 0 aromatic heterocycles. The Morgan fingerprint density at radius 1 is 1.00 bits per heavy atom. The summed E-state index contributed by atoms with van der Waals surface area (Å²) in [5.74, 6) is 0.268. The van der Waals surface area contributed by atoms with Crippen molar-refractivity contribution in [3.63, 3.8) is 0 Å². The molecule has 0 spiro atoms. The van der Waals surface area contributed by atoms with Gasteiger partial charge in [-0.1, -0.05) is 30.3 Å². The number of carbonyl (C=O) groups excluding carboxylic acids is 3. The Bertz CT molecular complexity index is 1350. The molecule has 0 unspecified atom stereocenters. The van der Waals surface area contributed by atoms with Crippen LogP contribution in [-0.2, 0) is 16.2 Å². The van der Waals surface area contributed by atoms with Gasteiger partial charge in [0.1, 0.15) is 24.7 Å². The lowest BCUT2D eigenvalue weighted by Crippen LogP contribution is -2.36. The highest BCUT2D eigenvalue weighted by molar-refractivity contribution is 8.18. The predicted molar refractivity (Wildman–Crippen MR) is 155 cm³/mol. The molecule has 8 nitrogen and oxygen atoms in total. The highest BCUT2D eigenvalue weighted by atomic mass is 32.2. The molecule has 39 heavy (non-hydrogen) atoms. The maximum atomic E-state index is 13.1. The number of thioether (sulfide) groups is 1. The van der Waals surface area contributed by atoms with Gasteiger partial charge >= 0.3 is 0 Å². The predicted octanol–water partition coefficient (Wildman–Crippen LogP) is 5.80. The number of rotatable bonds is 11. The van der Waals surface area contributed by atoms with Crippen LogP contribution in [0.5, 0.6) is 11.5 Å². The number of amides is 3. The van der Waals surface area contributed by atoms with Crippen molar-refractivity contribution >= 4 is 46.3 Å². The molecule has 3 aromatic carbocycles. The van der Waals surface area contributed by atoms with E-state index in [-0.39, 0.29) is 11.4 Å². The fourth-order valence-electron chi connectivity index (χ4n) is 4.08. The first-order valence-electron chi connectivity index (χ1n) is 12.7. The Morgan fingerprint density at radius 2 is 1.72 bits per heavy atom. The van der Waals surface area contributed by atoms with E-state index in [1.54, 1.807) is 37.5 Å². The third-order valence-corrected chi connectivity index (χ3v) is 7.11. The van der Waals surface area contributed by atoms with Gasteiger partial charge in [0.05, 0.1) is 12.0 Å². The van der Waals surface area contributed by atoms with Crippen molar-refractivity contribution in [1.29, 1.82) is 0 Å². The number of methoxy groups -OCH3 is 1. The summed E-state index contributed by atoms with van der Waals surface area (Å²) < 4.78 is 11.3. The summed E-state index contributed by atoms with van der Waals surface area (Å²) in [6, 6.07) is 22.4. The lowest BCUT2D eigenvalue weighted by atomic mass is 10.1. The fourth-order valence-corrected chi connectivity index (χ4v) is 4.91. The van der Waals surface area contributed by atoms with Crippen molar-refractivity contribution in [3.05, 3.63) is 88.8 Å². The minimum atomic E-state index is -0.517. The number of imide groups is 1. The maximum absolute atomic E-state index is 13.1. The molecule has 9 heteroatoms. The second-order valence-corrected chi connectivity index (χ2v) is 9.71. The van der Waals surface area contributed by atoms with Crippen molar-refractivity contribution in [2.24, 2.45) is 0 Å². The van der Waals surface area contributed by atoms with E-state index in [0.717, 1.165) is 41.0 Å². The second-order valence-electron chi connectivity index (χ2n) is 8.71. The van der Waals surface area contributed by atoms with Crippen molar-refractivity contribution in [2.45, 2.75) is 20.5 Å². The van der Waals surface area contributed by atoms with Gasteiger partial charge in [-0.3, -0.25) is 19.3 Å². The Morgan fingerprint density at radius 3 is 2.38 bits per heavy atom. The molecule has 1 aliphatic rings. The molecule has 0 atom stereocenters. The molecule has 3 amide bonds. The summed E-state index contributed by atoms with van der Waals surface area (Å²) in [4.78, 5) is 41.7. The Labute approximate surface area is 232 Å². The van der Waals surface area contributed by atoms with E-state index in [9.17, 15) is 14.4 Å². The fraction of sp³-hybridized carbons (Fsp3) is 0.233. The molecule has 1 fully saturated rings. The van der Waals surface area contributed by atoms with Gasteiger partial charge in [-0.2, -0.15) is 0 Å². The zero-order chi connectivity index (χ0) is 27.8. The van der Waals surface area contributed by atoms with Crippen LogP contribution in [0.15, 0.2) is 77.7 Å². The maximum Gasteiger partial charge on any atom is 0.294 e. The van der Waals surface area contributed by atoms with Crippen LogP contribution in [0.1, 0.15) is 25.0 Å². The van der Waals surface area contributed by atoms with E-state index < -0.39 is 17.1 Å². The van der Waals surface area contributed by atoms with E-state index in [1.807, 2.05) is 48.5 Å². The molecular formula is C30H31N3O5S. The summed E-state index contributed by atoms with van der Waals surface area (Å²) in [6.07, 6.45) is 1.65. The van der Waals surface area contributed by atoms with Crippen LogP contribution >= 0.6 is 11.8 Å². The number of hydrogen-bond acceptors (Lipinski definition) is 7. The van der Waals surface area contributed by atoms with Crippen LogP contribution in [0.4, 0.5) is 16.2 Å². The van der Waals surface area contributed by atoms with Crippen molar-refractivity contribution < 1.29 is 23.9 Å².